The summed E-state index contributed by atoms with van der Waals surface area (Å²) >= 11 is 1.43. The number of thioether (sulfide) groups is 1. The number of ether oxygens (including phenoxy) is 3. The molecule has 0 saturated carbocycles. The average Bonchev–Trinajstić information content (AvgIpc) is 3.11. The van der Waals surface area contributed by atoms with Crippen molar-refractivity contribution in [3.05, 3.63) is 47.7 Å². The molecule has 0 bridgehead atoms. The van der Waals surface area contributed by atoms with E-state index in [1.807, 2.05) is 25.1 Å². The summed E-state index contributed by atoms with van der Waals surface area (Å²) in [6.45, 7) is 10.1. The van der Waals surface area contributed by atoms with Crippen molar-refractivity contribution in [3.8, 4) is 11.5 Å². The average molecular weight is 459 g/mol. The minimum Gasteiger partial charge on any atom is -0.493 e. The van der Waals surface area contributed by atoms with Crippen LogP contribution >= 0.6 is 11.8 Å². The van der Waals surface area contributed by atoms with Gasteiger partial charge in [0.15, 0.2) is 16.7 Å². The minimum absolute atomic E-state index is 0.0648. The van der Waals surface area contributed by atoms with Crippen LogP contribution in [0.1, 0.15) is 51.6 Å². The SMILES string of the molecule is C=CCOC(=O)C1=C(C)N=C2SC(CC)C(=O)N2C1c1ccc(OCCCC)c(OC)c1. The van der Waals surface area contributed by atoms with E-state index >= 15 is 0 Å². The Balaban J connectivity index is 2.06. The monoisotopic (exact) mass is 458 g/mol. The Morgan fingerprint density at radius 1 is 1.31 bits per heavy atom. The number of amidine groups is 1. The predicted octanol–water partition coefficient (Wildman–Crippen LogP) is 4.64. The number of allylic oxidation sites excluding steroid dienone is 1. The number of nitrogens with zero attached hydrogens (tertiary/aromatic N) is 2. The molecule has 172 valence electrons. The highest BCUT2D eigenvalue weighted by molar-refractivity contribution is 8.15. The lowest BCUT2D eigenvalue weighted by molar-refractivity contribution is -0.139. The summed E-state index contributed by atoms with van der Waals surface area (Å²) in [5.41, 5.74) is 1.60. The van der Waals surface area contributed by atoms with E-state index in [4.69, 9.17) is 14.2 Å². The third kappa shape index (κ3) is 4.70. The van der Waals surface area contributed by atoms with Crippen molar-refractivity contribution in [2.24, 2.45) is 4.99 Å². The van der Waals surface area contributed by atoms with Gasteiger partial charge in [-0.25, -0.2) is 9.79 Å². The van der Waals surface area contributed by atoms with Crippen LogP contribution in [0.15, 0.2) is 47.1 Å². The van der Waals surface area contributed by atoms with Crippen molar-refractivity contribution in [1.82, 2.24) is 4.90 Å². The van der Waals surface area contributed by atoms with Gasteiger partial charge in [0, 0.05) is 0 Å². The lowest BCUT2D eigenvalue weighted by atomic mass is 9.93. The molecule has 2 atom stereocenters. The number of carbonyl (C=O) groups excluding carboxylic acids is 2. The zero-order valence-corrected chi connectivity index (χ0v) is 19.9. The first kappa shape index (κ1) is 23.9. The van der Waals surface area contributed by atoms with Crippen LogP contribution in [-0.2, 0) is 14.3 Å². The quantitative estimate of drug-likeness (QED) is 0.289. The van der Waals surface area contributed by atoms with Crippen LogP contribution in [-0.4, -0.2) is 47.5 Å². The summed E-state index contributed by atoms with van der Waals surface area (Å²) in [5.74, 6) is 0.588. The summed E-state index contributed by atoms with van der Waals surface area (Å²) in [5, 5.41) is 0.373. The molecule has 1 saturated heterocycles. The first-order valence-electron chi connectivity index (χ1n) is 10.8. The Bertz CT molecular complexity index is 956. The predicted molar refractivity (Wildman–Crippen MR) is 126 cm³/mol. The van der Waals surface area contributed by atoms with E-state index in [9.17, 15) is 9.59 Å². The Morgan fingerprint density at radius 2 is 2.09 bits per heavy atom. The van der Waals surface area contributed by atoms with Crippen LogP contribution in [0.3, 0.4) is 0 Å². The standard InChI is InChI=1S/C24H30N2O5S/c1-6-9-13-30-17-11-10-16(14-18(17)29-5)21-20(23(28)31-12-7-2)15(4)25-24-26(21)22(27)19(8-3)32-24/h7,10-11,14,19,21H,2,6,8-9,12-13H2,1,3-5H3. The molecule has 1 aromatic carbocycles. The molecular weight excluding hydrogens is 428 g/mol. The van der Waals surface area contributed by atoms with Gasteiger partial charge in [-0.2, -0.15) is 0 Å². The van der Waals surface area contributed by atoms with Gasteiger partial charge in [-0.15, -0.1) is 0 Å². The number of methoxy groups -OCH3 is 1. The molecule has 8 heteroatoms. The highest BCUT2D eigenvalue weighted by atomic mass is 32.2. The topological polar surface area (TPSA) is 77.4 Å². The fourth-order valence-corrected chi connectivity index (χ4v) is 4.81. The van der Waals surface area contributed by atoms with E-state index in [2.05, 4.69) is 18.5 Å². The Labute approximate surface area is 193 Å². The van der Waals surface area contributed by atoms with E-state index in [-0.39, 0.29) is 17.8 Å². The molecular formula is C24H30N2O5S. The van der Waals surface area contributed by atoms with Crippen molar-refractivity contribution in [3.63, 3.8) is 0 Å². The van der Waals surface area contributed by atoms with E-state index in [1.165, 1.54) is 17.8 Å². The number of carbonyl (C=O) groups is 2. The van der Waals surface area contributed by atoms with Crippen molar-refractivity contribution in [2.45, 2.75) is 51.3 Å². The van der Waals surface area contributed by atoms with Crippen LogP contribution < -0.4 is 9.47 Å². The maximum atomic E-state index is 13.2. The Kier molecular flexibility index (Phi) is 8.01. The number of benzene rings is 1. The zero-order chi connectivity index (χ0) is 23.3. The van der Waals surface area contributed by atoms with Crippen LogP contribution in [0.5, 0.6) is 11.5 Å². The van der Waals surface area contributed by atoms with E-state index < -0.39 is 12.0 Å². The normalized spacial score (nSPS) is 20.1. The third-order valence-corrected chi connectivity index (χ3v) is 6.65. The molecule has 0 radical (unpaired) electrons. The number of rotatable bonds is 10. The van der Waals surface area contributed by atoms with Gasteiger partial charge in [-0.05, 0) is 37.5 Å². The number of hydrogen-bond donors (Lipinski definition) is 0. The molecule has 2 aliphatic heterocycles. The van der Waals surface area contributed by atoms with Crippen molar-refractivity contribution < 1.29 is 23.8 Å². The molecule has 0 N–H and O–H groups in total. The van der Waals surface area contributed by atoms with Crippen LogP contribution in [0, 0.1) is 0 Å². The van der Waals surface area contributed by atoms with E-state index in [0.717, 1.165) is 18.4 Å². The third-order valence-electron chi connectivity index (χ3n) is 5.33. The van der Waals surface area contributed by atoms with Crippen molar-refractivity contribution >= 4 is 28.8 Å². The number of hydrogen-bond acceptors (Lipinski definition) is 7. The van der Waals surface area contributed by atoms with E-state index in [0.29, 0.717) is 41.0 Å². The number of esters is 1. The molecule has 1 aromatic rings. The molecule has 0 spiro atoms. The molecule has 7 nitrogen and oxygen atoms in total. The fourth-order valence-electron chi connectivity index (χ4n) is 3.68. The summed E-state index contributed by atoms with van der Waals surface area (Å²) in [4.78, 5) is 32.4. The maximum absolute atomic E-state index is 13.2. The molecule has 0 aromatic heterocycles. The highest BCUT2D eigenvalue weighted by Gasteiger charge is 2.47. The summed E-state index contributed by atoms with van der Waals surface area (Å²) < 4.78 is 16.8. The first-order valence-corrected chi connectivity index (χ1v) is 11.7. The molecule has 3 rings (SSSR count). The number of unbranched alkanes of at least 4 members (excludes halogenated alkanes) is 1. The van der Waals surface area contributed by atoms with Gasteiger partial charge in [-0.1, -0.05) is 50.8 Å². The van der Waals surface area contributed by atoms with Crippen molar-refractivity contribution in [1.29, 1.82) is 0 Å². The second-order valence-electron chi connectivity index (χ2n) is 7.52. The number of fused-ring (bicyclic) bond motifs is 1. The summed E-state index contributed by atoms with van der Waals surface area (Å²) in [7, 11) is 1.57. The molecule has 2 aliphatic rings. The zero-order valence-electron chi connectivity index (χ0n) is 19.1. The van der Waals surface area contributed by atoms with Gasteiger partial charge >= 0.3 is 5.97 Å². The summed E-state index contributed by atoms with van der Waals surface area (Å²) in [6, 6.07) is 4.85. The molecule has 0 aliphatic carbocycles. The number of amides is 1. The Morgan fingerprint density at radius 3 is 2.75 bits per heavy atom. The first-order chi connectivity index (χ1) is 15.5. The van der Waals surface area contributed by atoms with Crippen molar-refractivity contribution in [2.75, 3.05) is 20.3 Å². The molecule has 32 heavy (non-hydrogen) atoms. The van der Waals surface area contributed by atoms with Gasteiger partial charge in [0.1, 0.15) is 6.61 Å². The smallest absolute Gasteiger partial charge is 0.338 e. The van der Waals surface area contributed by atoms with Gasteiger partial charge in [0.25, 0.3) is 0 Å². The Hall–Kier alpha value is -2.74. The fraction of sp³-hybridized carbons (Fsp3) is 0.458. The minimum atomic E-state index is -0.657. The second kappa shape index (κ2) is 10.7. The van der Waals surface area contributed by atoms with E-state index in [1.54, 1.807) is 18.9 Å². The summed E-state index contributed by atoms with van der Waals surface area (Å²) in [6.07, 6.45) is 4.15. The van der Waals surface area contributed by atoms with Gasteiger partial charge in [-0.3, -0.25) is 9.69 Å². The largest absolute Gasteiger partial charge is 0.493 e. The number of aliphatic imine (C=N–C) groups is 1. The molecule has 1 fully saturated rings. The van der Waals surface area contributed by atoms with Crippen LogP contribution in [0.4, 0.5) is 0 Å². The molecule has 2 heterocycles. The lowest BCUT2D eigenvalue weighted by Gasteiger charge is -2.33. The molecule has 1 amide bonds. The van der Waals surface area contributed by atoms with Crippen LogP contribution in [0.25, 0.3) is 0 Å². The second-order valence-corrected chi connectivity index (χ2v) is 8.69. The highest BCUT2D eigenvalue weighted by Crippen LogP contribution is 2.45. The van der Waals surface area contributed by atoms with Crippen LogP contribution in [0.2, 0.25) is 0 Å². The van der Waals surface area contributed by atoms with Gasteiger partial charge in [0.05, 0.1) is 36.3 Å². The lowest BCUT2D eigenvalue weighted by Crippen LogP contribution is -2.40. The molecule has 2 unspecified atom stereocenters. The van der Waals surface area contributed by atoms with Gasteiger partial charge in [0.2, 0.25) is 5.91 Å². The van der Waals surface area contributed by atoms with Gasteiger partial charge < -0.3 is 14.2 Å². The maximum Gasteiger partial charge on any atom is 0.338 e.